The van der Waals surface area contributed by atoms with Gasteiger partial charge in [0.15, 0.2) is 0 Å². The van der Waals surface area contributed by atoms with Gasteiger partial charge in [0.2, 0.25) is 5.91 Å². The highest BCUT2D eigenvalue weighted by atomic mass is 35.5. The first kappa shape index (κ1) is 16.5. The molecule has 2 saturated heterocycles. The molecule has 0 bridgehead atoms. The Labute approximate surface area is 142 Å². The van der Waals surface area contributed by atoms with Gasteiger partial charge in [0.25, 0.3) is 0 Å². The van der Waals surface area contributed by atoms with Crippen LogP contribution in [0.2, 0.25) is 5.02 Å². The number of piperidine rings is 1. The van der Waals surface area contributed by atoms with Crippen molar-refractivity contribution < 1.29 is 9.53 Å². The summed E-state index contributed by atoms with van der Waals surface area (Å²) in [5.74, 6) is 1.27. The Balaban J connectivity index is 1.51. The fourth-order valence-electron chi connectivity index (χ4n) is 3.23. The molecule has 1 aromatic rings. The average molecular weight is 338 g/mol. The van der Waals surface area contributed by atoms with Gasteiger partial charge in [0.1, 0.15) is 5.82 Å². The van der Waals surface area contributed by atoms with Crippen LogP contribution in [0.25, 0.3) is 0 Å². The minimum absolute atomic E-state index is 0.113. The molecule has 2 fully saturated rings. The Hall–Kier alpha value is -1.33. The summed E-state index contributed by atoms with van der Waals surface area (Å²) >= 11 is 6.03. The van der Waals surface area contributed by atoms with Crippen molar-refractivity contribution in [3.8, 4) is 0 Å². The Morgan fingerprint density at radius 2 is 2.00 bits per heavy atom. The molecule has 0 unspecified atom stereocenters. The number of hydrogen-bond donors (Lipinski definition) is 1. The predicted octanol–water partition coefficient (Wildman–Crippen LogP) is 2.56. The number of nitrogens with one attached hydrogen (secondary N) is 1. The van der Waals surface area contributed by atoms with Crippen molar-refractivity contribution in [2.24, 2.45) is 5.92 Å². The SMILES string of the molecule is Cc1cc(N2CCC(C(=O)NC3CCOCC3)CC2)ncc1Cl. The number of hydrogen-bond acceptors (Lipinski definition) is 4. The Morgan fingerprint density at radius 3 is 2.65 bits per heavy atom. The zero-order chi connectivity index (χ0) is 16.2. The molecule has 6 heteroatoms. The van der Waals surface area contributed by atoms with E-state index in [0.29, 0.717) is 5.02 Å². The van der Waals surface area contributed by atoms with Gasteiger partial charge in [0, 0.05) is 44.5 Å². The summed E-state index contributed by atoms with van der Waals surface area (Å²) in [6.45, 7) is 5.22. The molecule has 2 aliphatic rings. The maximum Gasteiger partial charge on any atom is 0.223 e. The number of rotatable bonds is 3. The van der Waals surface area contributed by atoms with Gasteiger partial charge in [-0.1, -0.05) is 11.6 Å². The van der Waals surface area contributed by atoms with Crippen molar-refractivity contribution in [3.63, 3.8) is 0 Å². The molecular formula is C17H24ClN3O2. The number of anilines is 1. The Morgan fingerprint density at radius 1 is 1.30 bits per heavy atom. The zero-order valence-corrected chi connectivity index (χ0v) is 14.3. The first-order chi connectivity index (χ1) is 11.1. The van der Waals surface area contributed by atoms with E-state index < -0.39 is 0 Å². The highest BCUT2D eigenvalue weighted by molar-refractivity contribution is 6.31. The fourth-order valence-corrected chi connectivity index (χ4v) is 3.33. The van der Waals surface area contributed by atoms with Crippen molar-refractivity contribution in [1.82, 2.24) is 10.3 Å². The molecule has 126 valence electrons. The number of amides is 1. The maximum absolute atomic E-state index is 12.4. The maximum atomic E-state index is 12.4. The highest BCUT2D eigenvalue weighted by Crippen LogP contribution is 2.25. The standard InChI is InChI=1S/C17H24ClN3O2/c1-12-10-16(19-11-15(12)18)21-6-2-13(3-7-21)17(22)20-14-4-8-23-9-5-14/h10-11,13-14H,2-9H2,1H3,(H,20,22). The van der Waals surface area contributed by atoms with E-state index in [1.807, 2.05) is 13.0 Å². The summed E-state index contributed by atoms with van der Waals surface area (Å²) in [6, 6.07) is 2.31. The number of halogens is 1. The van der Waals surface area contributed by atoms with E-state index in [9.17, 15) is 4.79 Å². The monoisotopic (exact) mass is 337 g/mol. The molecule has 5 nitrogen and oxygen atoms in total. The number of pyridine rings is 1. The summed E-state index contributed by atoms with van der Waals surface area (Å²) < 4.78 is 5.33. The van der Waals surface area contributed by atoms with Gasteiger partial charge in [-0.3, -0.25) is 4.79 Å². The third kappa shape index (κ3) is 4.15. The van der Waals surface area contributed by atoms with Crippen molar-refractivity contribution in [1.29, 1.82) is 0 Å². The van der Waals surface area contributed by atoms with E-state index in [-0.39, 0.29) is 17.9 Å². The second-order valence-electron chi connectivity index (χ2n) is 6.45. The molecule has 1 aromatic heterocycles. The van der Waals surface area contributed by atoms with Crippen LogP contribution in [-0.2, 0) is 9.53 Å². The summed E-state index contributed by atoms with van der Waals surface area (Å²) in [4.78, 5) is 19.0. The number of nitrogens with zero attached hydrogens (tertiary/aromatic N) is 2. The van der Waals surface area contributed by atoms with Crippen molar-refractivity contribution in [3.05, 3.63) is 22.8 Å². The number of aryl methyl sites for hydroxylation is 1. The molecule has 1 N–H and O–H groups in total. The molecule has 0 radical (unpaired) electrons. The quantitative estimate of drug-likeness (QED) is 0.921. The van der Waals surface area contributed by atoms with Crippen LogP contribution < -0.4 is 10.2 Å². The van der Waals surface area contributed by atoms with Gasteiger partial charge in [-0.2, -0.15) is 0 Å². The number of carbonyl (C=O) groups is 1. The predicted molar refractivity (Wildman–Crippen MR) is 90.9 cm³/mol. The van der Waals surface area contributed by atoms with E-state index in [1.165, 1.54) is 0 Å². The van der Waals surface area contributed by atoms with E-state index in [1.54, 1.807) is 6.20 Å². The average Bonchev–Trinajstić information content (AvgIpc) is 2.58. The van der Waals surface area contributed by atoms with Gasteiger partial charge >= 0.3 is 0 Å². The Bertz CT molecular complexity index is 553. The highest BCUT2D eigenvalue weighted by Gasteiger charge is 2.27. The second kappa shape index (κ2) is 7.49. The van der Waals surface area contributed by atoms with Crippen molar-refractivity contribution >= 4 is 23.3 Å². The first-order valence-corrected chi connectivity index (χ1v) is 8.76. The van der Waals surface area contributed by atoms with Crippen molar-refractivity contribution in [2.45, 2.75) is 38.6 Å². The topological polar surface area (TPSA) is 54.5 Å². The molecule has 0 aromatic carbocycles. The fraction of sp³-hybridized carbons (Fsp3) is 0.647. The van der Waals surface area contributed by atoms with Gasteiger partial charge in [0.05, 0.1) is 5.02 Å². The largest absolute Gasteiger partial charge is 0.381 e. The minimum atomic E-state index is 0.113. The lowest BCUT2D eigenvalue weighted by molar-refractivity contribution is -0.126. The second-order valence-corrected chi connectivity index (χ2v) is 6.86. The van der Waals surface area contributed by atoms with E-state index in [0.717, 1.165) is 63.4 Å². The molecule has 1 amide bonds. The lowest BCUT2D eigenvalue weighted by Crippen LogP contribution is -2.45. The van der Waals surface area contributed by atoms with Crippen LogP contribution in [0.1, 0.15) is 31.2 Å². The van der Waals surface area contributed by atoms with Crippen LogP contribution in [0.3, 0.4) is 0 Å². The molecule has 23 heavy (non-hydrogen) atoms. The lowest BCUT2D eigenvalue weighted by Gasteiger charge is -2.33. The van der Waals surface area contributed by atoms with Gasteiger partial charge < -0.3 is 15.0 Å². The number of aromatic nitrogens is 1. The van der Waals surface area contributed by atoms with Crippen LogP contribution in [0.4, 0.5) is 5.82 Å². The minimum Gasteiger partial charge on any atom is -0.381 e. The third-order valence-electron chi connectivity index (χ3n) is 4.79. The van der Waals surface area contributed by atoms with Gasteiger partial charge in [-0.05, 0) is 44.2 Å². The van der Waals surface area contributed by atoms with Gasteiger partial charge in [-0.15, -0.1) is 0 Å². The molecule has 0 aliphatic carbocycles. The lowest BCUT2D eigenvalue weighted by atomic mass is 9.95. The van der Waals surface area contributed by atoms with Crippen LogP contribution in [-0.4, -0.2) is 43.2 Å². The molecule has 0 spiro atoms. The molecular weight excluding hydrogens is 314 g/mol. The van der Waals surface area contributed by atoms with Crippen LogP contribution >= 0.6 is 11.6 Å². The molecule has 3 rings (SSSR count). The first-order valence-electron chi connectivity index (χ1n) is 8.38. The third-order valence-corrected chi connectivity index (χ3v) is 5.19. The molecule has 0 saturated carbocycles. The normalized spacial score (nSPS) is 20.5. The molecule has 2 aliphatic heterocycles. The smallest absolute Gasteiger partial charge is 0.223 e. The van der Waals surface area contributed by atoms with Crippen LogP contribution in [0, 0.1) is 12.8 Å². The summed E-state index contributed by atoms with van der Waals surface area (Å²) in [5.41, 5.74) is 1.04. The summed E-state index contributed by atoms with van der Waals surface area (Å²) in [5, 5.41) is 3.88. The van der Waals surface area contributed by atoms with Gasteiger partial charge in [-0.25, -0.2) is 4.98 Å². The Kier molecular flexibility index (Phi) is 5.38. The van der Waals surface area contributed by atoms with E-state index in [2.05, 4.69) is 15.2 Å². The molecule has 3 heterocycles. The molecule has 0 atom stereocenters. The van der Waals surface area contributed by atoms with E-state index >= 15 is 0 Å². The number of ether oxygens (including phenoxy) is 1. The van der Waals surface area contributed by atoms with Crippen LogP contribution in [0.5, 0.6) is 0 Å². The van der Waals surface area contributed by atoms with Crippen molar-refractivity contribution in [2.75, 3.05) is 31.2 Å². The summed E-state index contributed by atoms with van der Waals surface area (Å²) in [6.07, 6.45) is 5.31. The zero-order valence-electron chi connectivity index (χ0n) is 13.6. The van der Waals surface area contributed by atoms with Crippen LogP contribution in [0.15, 0.2) is 12.3 Å². The summed E-state index contributed by atoms with van der Waals surface area (Å²) in [7, 11) is 0. The number of carbonyl (C=O) groups excluding carboxylic acids is 1. The van der Waals surface area contributed by atoms with E-state index in [4.69, 9.17) is 16.3 Å².